The van der Waals surface area contributed by atoms with Gasteiger partial charge in [-0.15, -0.1) is 0 Å². The predicted octanol–water partition coefficient (Wildman–Crippen LogP) is 1.61. The molecule has 0 rings (SSSR count). The molecule has 0 aliphatic heterocycles. The van der Waals surface area contributed by atoms with Gasteiger partial charge in [-0.2, -0.15) is 0 Å². The summed E-state index contributed by atoms with van der Waals surface area (Å²) in [6, 6.07) is -0.810. The van der Waals surface area contributed by atoms with E-state index in [0.717, 1.165) is 6.42 Å². The molecule has 2 unspecified atom stereocenters. The first-order chi connectivity index (χ1) is 8.81. The summed E-state index contributed by atoms with van der Waals surface area (Å²) in [5.74, 6) is -0.680. The van der Waals surface area contributed by atoms with Crippen LogP contribution >= 0.6 is 0 Å². The number of aliphatic carboxylic acids is 1. The Bertz CT molecular complexity index is 292. The molecule has 0 aliphatic carbocycles. The number of amides is 1. The zero-order valence-electron chi connectivity index (χ0n) is 12.5. The Morgan fingerprint density at radius 1 is 1.26 bits per heavy atom. The predicted molar refractivity (Wildman–Crippen MR) is 75.6 cm³/mol. The van der Waals surface area contributed by atoms with Crippen molar-refractivity contribution in [3.05, 3.63) is 0 Å². The van der Waals surface area contributed by atoms with Gasteiger partial charge in [-0.25, -0.2) is 4.79 Å². The van der Waals surface area contributed by atoms with Crippen molar-refractivity contribution in [3.63, 3.8) is 0 Å². The average molecular weight is 272 g/mol. The molecule has 3 atom stereocenters. The van der Waals surface area contributed by atoms with Crippen molar-refractivity contribution >= 4 is 11.9 Å². The van der Waals surface area contributed by atoms with Crippen LogP contribution in [0, 0.1) is 17.8 Å². The SMILES string of the molecule is CCC(C)C(NC(=O)C[C@@H](CN)CC(C)C)C(=O)O. The largest absolute Gasteiger partial charge is 0.480 e. The van der Waals surface area contributed by atoms with Crippen molar-refractivity contribution < 1.29 is 14.7 Å². The van der Waals surface area contributed by atoms with Gasteiger partial charge in [0, 0.05) is 6.42 Å². The lowest BCUT2D eigenvalue weighted by Gasteiger charge is -2.22. The van der Waals surface area contributed by atoms with E-state index in [-0.39, 0.29) is 17.7 Å². The molecule has 19 heavy (non-hydrogen) atoms. The summed E-state index contributed by atoms with van der Waals surface area (Å²) in [5.41, 5.74) is 5.65. The standard InChI is InChI=1S/C14H28N2O3/c1-5-10(4)13(14(18)19)16-12(17)7-11(8-15)6-9(2)3/h9-11,13H,5-8,15H2,1-4H3,(H,16,17)(H,18,19)/t10?,11-,13?/m0/s1. The Labute approximate surface area is 115 Å². The highest BCUT2D eigenvalue weighted by molar-refractivity contribution is 5.83. The second-order valence-electron chi connectivity index (χ2n) is 5.70. The van der Waals surface area contributed by atoms with Crippen LogP contribution in [0.2, 0.25) is 0 Å². The number of carbonyl (C=O) groups excluding carboxylic acids is 1. The summed E-state index contributed by atoms with van der Waals surface area (Å²) in [6.45, 7) is 8.36. The molecule has 0 aromatic carbocycles. The third kappa shape index (κ3) is 7.15. The molecule has 112 valence electrons. The Hall–Kier alpha value is -1.10. The molecule has 0 aromatic heterocycles. The maximum Gasteiger partial charge on any atom is 0.326 e. The minimum Gasteiger partial charge on any atom is -0.480 e. The van der Waals surface area contributed by atoms with E-state index in [0.29, 0.717) is 25.3 Å². The fraction of sp³-hybridized carbons (Fsp3) is 0.857. The molecule has 0 saturated heterocycles. The summed E-state index contributed by atoms with van der Waals surface area (Å²) in [6.07, 6.45) is 1.89. The van der Waals surface area contributed by atoms with E-state index in [9.17, 15) is 9.59 Å². The minimum absolute atomic E-state index is 0.0807. The molecule has 0 spiro atoms. The number of nitrogens with one attached hydrogen (secondary N) is 1. The second-order valence-corrected chi connectivity index (χ2v) is 5.70. The van der Waals surface area contributed by atoms with Gasteiger partial charge in [0.25, 0.3) is 0 Å². The van der Waals surface area contributed by atoms with Crippen molar-refractivity contribution in [2.24, 2.45) is 23.5 Å². The van der Waals surface area contributed by atoms with Crippen LogP contribution in [0.4, 0.5) is 0 Å². The molecule has 0 bridgehead atoms. The number of carboxylic acids is 1. The van der Waals surface area contributed by atoms with E-state index in [1.807, 2.05) is 13.8 Å². The lowest BCUT2D eigenvalue weighted by atomic mass is 9.93. The smallest absolute Gasteiger partial charge is 0.326 e. The molecule has 4 N–H and O–H groups in total. The Morgan fingerprint density at radius 3 is 2.21 bits per heavy atom. The molecule has 0 aromatic rings. The van der Waals surface area contributed by atoms with Gasteiger partial charge in [0.2, 0.25) is 5.91 Å². The minimum atomic E-state index is -0.976. The highest BCUT2D eigenvalue weighted by Crippen LogP contribution is 2.15. The molecule has 0 heterocycles. The van der Waals surface area contributed by atoms with Gasteiger partial charge in [0.05, 0.1) is 0 Å². The molecular weight excluding hydrogens is 244 g/mol. The van der Waals surface area contributed by atoms with Gasteiger partial charge >= 0.3 is 5.97 Å². The summed E-state index contributed by atoms with van der Waals surface area (Å²) in [4.78, 5) is 23.0. The van der Waals surface area contributed by atoms with Crippen LogP contribution in [0.3, 0.4) is 0 Å². The van der Waals surface area contributed by atoms with E-state index in [1.54, 1.807) is 0 Å². The van der Waals surface area contributed by atoms with Crippen molar-refractivity contribution in [1.82, 2.24) is 5.32 Å². The van der Waals surface area contributed by atoms with Crippen LogP contribution in [0.1, 0.15) is 47.0 Å². The molecular formula is C14H28N2O3. The van der Waals surface area contributed by atoms with E-state index in [2.05, 4.69) is 19.2 Å². The molecule has 5 heteroatoms. The van der Waals surface area contributed by atoms with Crippen LogP contribution in [0.5, 0.6) is 0 Å². The van der Waals surface area contributed by atoms with E-state index >= 15 is 0 Å². The van der Waals surface area contributed by atoms with Crippen LogP contribution < -0.4 is 11.1 Å². The monoisotopic (exact) mass is 272 g/mol. The number of carbonyl (C=O) groups is 2. The fourth-order valence-electron chi connectivity index (χ4n) is 2.11. The third-order valence-electron chi connectivity index (χ3n) is 3.41. The quantitative estimate of drug-likeness (QED) is 0.594. The number of hydrogen-bond donors (Lipinski definition) is 3. The third-order valence-corrected chi connectivity index (χ3v) is 3.41. The van der Waals surface area contributed by atoms with Crippen LogP contribution in [-0.4, -0.2) is 29.6 Å². The molecule has 1 amide bonds. The van der Waals surface area contributed by atoms with Gasteiger partial charge in [-0.1, -0.05) is 34.1 Å². The summed E-state index contributed by atoms with van der Waals surface area (Å²) in [5, 5.41) is 11.7. The van der Waals surface area contributed by atoms with Crippen LogP contribution in [-0.2, 0) is 9.59 Å². The molecule has 0 aliphatic rings. The maximum absolute atomic E-state index is 11.9. The number of rotatable bonds is 9. The molecule has 0 fully saturated rings. The van der Waals surface area contributed by atoms with Crippen molar-refractivity contribution in [3.8, 4) is 0 Å². The first-order valence-electron chi connectivity index (χ1n) is 7.03. The van der Waals surface area contributed by atoms with Gasteiger partial charge in [0.15, 0.2) is 0 Å². The summed E-state index contributed by atoms with van der Waals surface area (Å²) >= 11 is 0. The first-order valence-corrected chi connectivity index (χ1v) is 7.03. The second kappa shape index (κ2) is 8.91. The van der Waals surface area contributed by atoms with Crippen LogP contribution in [0.15, 0.2) is 0 Å². The Morgan fingerprint density at radius 2 is 1.84 bits per heavy atom. The van der Waals surface area contributed by atoms with Crippen LogP contribution in [0.25, 0.3) is 0 Å². The highest BCUT2D eigenvalue weighted by Gasteiger charge is 2.26. The van der Waals surface area contributed by atoms with Crippen molar-refractivity contribution in [1.29, 1.82) is 0 Å². The summed E-state index contributed by atoms with van der Waals surface area (Å²) in [7, 11) is 0. The molecule has 0 saturated carbocycles. The van der Waals surface area contributed by atoms with E-state index in [4.69, 9.17) is 10.8 Å². The Balaban J connectivity index is 4.44. The van der Waals surface area contributed by atoms with E-state index in [1.165, 1.54) is 0 Å². The first kappa shape index (κ1) is 17.9. The number of nitrogens with two attached hydrogens (primary N) is 1. The highest BCUT2D eigenvalue weighted by atomic mass is 16.4. The number of hydrogen-bond acceptors (Lipinski definition) is 3. The molecule has 0 radical (unpaired) electrons. The Kier molecular flexibility index (Phi) is 8.39. The number of carboxylic acid groups (broad SMARTS) is 1. The average Bonchev–Trinajstić information content (AvgIpc) is 2.33. The van der Waals surface area contributed by atoms with Crippen molar-refractivity contribution in [2.45, 2.75) is 53.0 Å². The normalized spacial score (nSPS) is 15.9. The van der Waals surface area contributed by atoms with E-state index < -0.39 is 12.0 Å². The topological polar surface area (TPSA) is 92.4 Å². The van der Waals surface area contributed by atoms with Gasteiger partial charge < -0.3 is 16.2 Å². The fourth-order valence-corrected chi connectivity index (χ4v) is 2.11. The van der Waals surface area contributed by atoms with Gasteiger partial charge in [-0.05, 0) is 30.7 Å². The maximum atomic E-state index is 11.9. The molecule has 5 nitrogen and oxygen atoms in total. The summed E-state index contributed by atoms with van der Waals surface area (Å²) < 4.78 is 0. The lowest BCUT2D eigenvalue weighted by molar-refractivity contribution is -0.143. The van der Waals surface area contributed by atoms with Gasteiger partial charge in [0.1, 0.15) is 6.04 Å². The zero-order valence-corrected chi connectivity index (χ0v) is 12.5. The lowest BCUT2D eigenvalue weighted by Crippen LogP contribution is -2.45. The van der Waals surface area contributed by atoms with Crippen molar-refractivity contribution in [2.75, 3.05) is 6.54 Å². The van der Waals surface area contributed by atoms with Gasteiger partial charge in [-0.3, -0.25) is 4.79 Å². The zero-order chi connectivity index (χ0) is 15.0.